The number of nitrogens with zero attached hydrogens (tertiary/aromatic N) is 2. The first-order chi connectivity index (χ1) is 30.2. The van der Waals surface area contributed by atoms with Crippen molar-refractivity contribution in [3.63, 3.8) is 0 Å². The average Bonchev–Trinajstić information content (AvgIpc) is 3.73. The summed E-state index contributed by atoms with van der Waals surface area (Å²) < 4.78 is 7.11. The van der Waals surface area contributed by atoms with Crippen molar-refractivity contribution in [1.29, 1.82) is 0 Å². The Hall–Kier alpha value is -8.14. The fourth-order valence-corrected chi connectivity index (χ4v) is 9.11. The molecule has 0 spiro atoms. The van der Waals surface area contributed by atoms with Gasteiger partial charge in [0.15, 0.2) is 0 Å². The summed E-state index contributed by atoms with van der Waals surface area (Å²) in [7, 11) is 0. The lowest BCUT2D eigenvalue weighted by atomic mass is 9.92. The molecule has 284 valence electrons. The number of rotatable bonds is 6. The van der Waals surface area contributed by atoms with Crippen molar-refractivity contribution >= 4 is 54.5 Å². The van der Waals surface area contributed by atoms with Gasteiger partial charge in [0.05, 0.1) is 22.9 Å². The Balaban J connectivity index is 1.03. The summed E-state index contributed by atoms with van der Waals surface area (Å²) in [6, 6.07) is 75.4. The van der Waals surface area contributed by atoms with E-state index in [4.69, 9.17) is 14.4 Å². The summed E-state index contributed by atoms with van der Waals surface area (Å²) in [5.74, 6) is 0. The van der Waals surface area contributed by atoms with Crippen LogP contribution in [0.25, 0.3) is 121 Å². The van der Waals surface area contributed by atoms with Gasteiger partial charge in [-0.25, -0.2) is 4.98 Å². The maximum absolute atomic E-state index is 7.11. The SMILES string of the molecule is c1ccc(-c2cc(-c3ccccc3)c3oc4c(-c5cccc(-c6cccc(-c7cnc8c9ccccc9c9ccccc9c8n7)c6)c5)cc(-c5ccccc5)cc4c3c2)cc1. The standard InChI is InChI=1S/C58H36N2O/c1-4-16-37(17-5-1)44-32-50(39-20-8-3-9-21-39)57-52(34-44)53-35-45(38-18-6-2-7-19-38)33-51(58(53)61-57)42-24-14-22-40(30-42)41-23-15-25-43(31-41)54-36-59-55-48-28-12-10-26-46(48)47-27-11-13-29-49(47)56(55)60-54/h1-36H. The largest absolute Gasteiger partial charge is 0.455 e. The first-order valence-electron chi connectivity index (χ1n) is 20.7. The maximum atomic E-state index is 7.11. The lowest BCUT2D eigenvalue weighted by Crippen LogP contribution is -1.92. The van der Waals surface area contributed by atoms with Gasteiger partial charge in [0.1, 0.15) is 11.2 Å². The lowest BCUT2D eigenvalue weighted by Gasteiger charge is -2.12. The third-order valence-electron chi connectivity index (χ3n) is 12.1. The van der Waals surface area contributed by atoms with Gasteiger partial charge in [0.25, 0.3) is 0 Å². The van der Waals surface area contributed by atoms with Crippen LogP contribution in [0, 0.1) is 0 Å². The molecule has 2 aromatic heterocycles. The Morgan fingerprint density at radius 3 is 1.28 bits per heavy atom. The second-order valence-corrected chi connectivity index (χ2v) is 15.7. The van der Waals surface area contributed by atoms with Crippen molar-refractivity contribution in [2.24, 2.45) is 0 Å². The van der Waals surface area contributed by atoms with Gasteiger partial charge in [0, 0.05) is 38.2 Å². The van der Waals surface area contributed by atoms with Gasteiger partial charge in [-0.1, -0.05) is 176 Å². The zero-order chi connectivity index (χ0) is 40.3. The Morgan fingerprint density at radius 1 is 0.279 bits per heavy atom. The molecule has 10 aromatic carbocycles. The van der Waals surface area contributed by atoms with Crippen molar-refractivity contribution in [1.82, 2.24) is 9.97 Å². The fraction of sp³-hybridized carbons (Fsp3) is 0. The predicted octanol–water partition coefficient (Wildman–Crippen LogP) is 15.8. The molecule has 0 radical (unpaired) electrons. The van der Waals surface area contributed by atoms with E-state index in [1.807, 2.05) is 6.20 Å². The lowest BCUT2D eigenvalue weighted by molar-refractivity contribution is 0.671. The Kier molecular flexibility index (Phi) is 8.17. The normalized spacial score (nSPS) is 11.6. The molecule has 12 aromatic rings. The predicted molar refractivity (Wildman–Crippen MR) is 254 cm³/mol. The van der Waals surface area contributed by atoms with E-state index >= 15 is 0 Å². The number of hydrogen-bond donors (Lipinski definition) is 0. The molecule has 3 nitrogen and oxygen atoms in total. The van der Waals surface area contributed by atoms with Gasteiger partial charge in [-0.2, -0.15) is 0 Å². The van der Waals surface area contributed by atoms with Gasteiger partial charge >= 0.3 is 0 Å². The van der Waals surface area contributed by atoms with Gasteiger partial charge in [0.2, 0.25) is 0 Å². The first-order valence-corrected chi connectivity index (χ1v) is 20.7. The molecular formula is C58H36N2O. The quantitative estimate of drug-likeness (QED) is 0.158. The summed E-state index contributed by atoms with van der Waals surface area (Å²) in [5, 5.41) is 6.78. The van der Waals surface area contributed by atoms with Crippen molar-refractivity contribution < 1.29 is 4.42 Å². The zero-order valence-electron chi connectivity index (χ0n) is 33.1. The maximum Gasteiger partial charge on any atom is 0.143 e. The Bertz CT molecular complexity index is 3590. The van der Waals surface area contributed by atoms with Crippen molar-refractivity contribution in [3.05, 3.63) is 219 Å². The van der Waals surface area contributed by atoms with Gasteiger partial charge < -0.3 is 4.42 Å². The van der Waals surface area contributed by atoms with Crippen molar-refractivity contribution in [2.75, 3.05) is 0 Å². The molecule has 0 saturated heterocycles. The molecule has 61 heavy (non-hydrogen) atoms. The van der Waals surface area contributed by atoms with Crippen LogP contribution in [0.5, 0.6) is 0 Å². The number of fused-ring (bicyclic) bond motifs is 9. The summed E-state index contributed by atoms with van der Waals surface area (Å²) in [4.78, 5) is 10.3. The molecule has 0 bridgehead atoms. The number of benzene rings is 10. The second-order valence-electron chi connectivity index (χ2n) is 15.7. The summed E-state index contributed by atoms with van der Waals surface area (Å²) in [5.41, 5.74) is 16.6. The fourth-order valence-electron chi connectivity index (χ4n) is 9.11. The molecule has 0 fully saturated rings. The molecule has 0 unspecified atom stereocenters. The van der Waals surface area contributed by atoms with E-state index in [0.717, 1.165) is 105 Å². The highest BCUT2D eigenvalue weighted by molar-refractivity contribution is 6.23. The van der Waals surface area contributed by atoms with Crippen LogP contribution in [-0.4, -0.2) is 9.97 Å². The van der Waals surface area contributed by atoms with Crippen LogP contribution < -0.4 is 0 Å². The highest BCUT2D eigenvalue weighted by Gasteiger charge is 2.20. The van der Waals surface area contributed by atoms with Crippen LogP contribution in [0.4, 0.5) is 0 Å². The monoisotopic (exact) mass is 776 g/mol. The third-order valence-corrected chi connectivity index (χ3v) is 12.1. The molecule has 0 aliphatic heterocycles. The van der Waals surface area contributed by atoms with Crippen LogP contribution in [0.15, 0.2) is 223 Å². The van der Waals surface area contributed by atoms with Crippen LogP contribution >= 0.6 is 0 Å². The second kappa shape index (κ2) is 14.3. The number of hydrogen-bond acceptors (Lipinski definition) is 3. The van der Waals surface area contributed by atoms with Crippen LogP contribution in [0.1, 0.15) is 0 Å². The Labute approximate surface area is 352 Å². The molecule has 0 aliphatic rings. The van der Waals surface area contributed by atoms with E-state index in [1.165, 1.54) is 16.3 Å². The van der Waals surface area contributed by atoms with Crippen molar-refractivity contribution in [3.8, 4) is 66.9 Å². The van der Waals surface area contributed by atoms with Crippen LogP contribution in [-0.2, 0) is 0 Å². The Morgan fingerprint density at radius 2 is 0.705 bits per heavy atom. The molecule has 12 rings (SSSR count). The summed E-state index contributed by atoms with van der Waals surface area (Å²) in [6.07, 6.45) is 1.92. The molecule has 2 heterocycles. The van der Waals surface area contributed by atoms with E-state index in [0.29, 0.717) is 0 Å². The average molecular weight is 777 g/mol. The first kappa shape index (κ1) is 34.9. The molecule has 0 saturated carbocycles. The molecule has 3 heteroatoms. The molecule has 0 N–H and O–H groups in total. The van der Waals surface area contributed by atoms with Crippen LogP contribution in [0.2, 0.25) is 0 Å². The molecule has 0 aliphatic carbocycles. The van der Waals surface area contributed by atoms with Crippen LogP contribution in [0.3, 0.4) is 0 Å². The smallest absolute Gasteiger partial charge is 0.143 e. The zero-order valence-corrected chi connectivity index (χ0v) is 33.1. The molecule has 0 amide bonds. The van der Waals surface area contributed by atoms with E-state index < -0.39 is 0 Å². The molecule has 0 atom stereocenters. The summed E-state index contributed by atoms with van der Waals surface area (Å²) >= 11 is 0. The number of furan rings is 1. The van der Waals surface area contributed by atoms with Gasteiger partial charge in [-0.3, -0.25) is 4.98 Å². The van der Waals surface area contributed by atoms with E-state index in [9.17, 15) is 0 Å². The highest BCUT2D eigenvalue weighted by atomic mass is 16.3. The number of aromatic nitrogens is 2. The summed E-state index contributed by atoms with van der Waals surface area (Å²) in [6.45, 7) is 0. The minimum atomic E-state index is 0.842. The van der Waals surface area contributed by atoms with E-state index in [-0.39, 0.29) is 0 Å². The van der Waals surface area contributed by atoms with Gasteiger partial charge in [-0.15, -0.1) is 0 Å². The van der Waals surface area contributed by atoms with E-state index in [2.05, 4.69) is 212 Å². The minimum Gasteiger partial charge on any atom is -0.455 e. The highest BCUT2D eigenvalue weighted by Crippen LogP contribution is 2.45. The van der Waals surface area contributed by atoms with E-state index in [1.54, 1.807) is 0 Å². The topological polar surface area (TPSA) is 38.9 Å². The van der Waals surface area contributed by atoms with Crippen molar-refractivity contribution in [2.45, 2.75) is 0 Å². The third kappa shape index (κ3) is 5.98. The molecular weight excluding hydrogens is 741 g/mol. The van der Waals surface area contributed by atoms with Gasteiger partial charge in [-0.05, 0) is 91.7 Å². The minimum absolute atomic E-state index is 0.842.